The zero-order chi connectivity index (χ0) is 13.0. The first-order valence-electron chi connectivity index (χ1n) is 5.75. The summed E-state index contributed by atoms with van der Waals surface area (Å²) in [5, 5.41) is 3.24. The van der Waals surface area contributed by atoms with Crippen molar-refractivity contribution in [2.24, 2.45) is 5.73 Å². The van der Waals surface area contributed by atoms with Gasteiger partial charge in [0.05, 0.1) is 11.6 Å². The number of amides is 1. The highest BCUT2D eigenvalue weighted by atomic mass is 35.5. The zero-order valence-electron chi connectivity index (χ0n) is 9.87. The first-order valence-corrected chi connectivity index (χ1v) is 6.13. The Labute approximate surface area is 110 Å². The highest BCUT2D eigenvalue weighted by Gasteiger charge is 2.16. The van der Waals surface area contributed by atoms with Crippen LogP contribution in [0.5, 0.6) is 11.5 Å². The van der Waals surface area contributed by atoms with Crippen molar-refractivity contribution >= 4 is 17.5 Å². The van der Waals surface area contributed by atoms with Crippen molar-refractivity contribution < 1.29 is 14.3 Å². The van der Waals surface area contributed by atoms with Crippen LogP contribution < -0.4 is 20.5 Å². The molecular formula is C12H15ClN2O3. The molecule has 0 saturated carbocycles. The summed E-state index contributed by atoms with van der Waals surface area (Å²) in [6.45, 7) is 1.56. The van der Waals surface area contributed by atoms with Gasteiger partial charge in [-0.3, -0.25) is 4.79 Å². The molecule has 1 amide bonds. The predicted molar refractivity (Wildman–Crippen MR) is 68.2 cm³/mol. The molecular weight excluding hydrogens is 256 g/mol. The van der Waals surface area contributed by atoms with Gasteiger partial charge in [0.25, 0.3) is 0 Å². The van der Waals surface area contributed by atoms with Gasteiger partial charge in [-0.1, -0.05) is 11.6 Å². The lowest BCUT2D eigenvalue weighted by molar-refractivity contribution is -0.119. The number of rotatable bonds is 4. The molecule has 0 spiro atoms. The number of hydrogen-bond acceptors (Lipinski definition) is 4. The third-order valence-electron chi connectivity index (χ3n) is 2.58. The van der Waals surface area contributed by atoms with E-state index in [0.717, 1.165) is 5.56 Å². The topological polar surface area (TPSA) is 73.6 Å². The minimum absolute atomic E-state index is 0.00188. The fraction of sp³-hybridized carbons (Fsp3) is 0.417. The van der Waals surface area contributed by atoms with Gasteiger partial charge in [-0.2, -0.15) is 0 Å². The Bertz CT molecular complexity index is 451. The van der Waals surface area contributed by atoms with Crippen molar-refractivity contribution in [3.05, 3.63) is 22.7 Å². The maximum atomic E-state index is 11.0. The first kappa shape index (κ1) is 13.0. The summed E-state index contributed by atoms with van der Waals surface area (Å²) in [6, 6.07) is 3.71. The van der Waals surface area contributed by atoms with E-state index >= 15 is 0 Å². The number of carbonyl (C=O) groups is 1. The average Bonchev–Trinajstić information content (AvgIpc) is 2.38. The number of nitrogens with one attached hydrogen (secondary N) is 1. The molecule has 2 rings (SSSR count). The summed E-state index contributed by atoms with van der Waals surface area (Å²) < 4.78 is 10.9. The van der Waals surface area contributed by atoms with Crippen LogP contribution in [0.2, 0.25) is 5.02 Å². The second-order valence-corrected chi connectivity index (χ2v) is 4.31. The lowest BCUT2D eigenvalue weighted by atomic mass is 10.1. The average molecular weight is 271 g/mol. The second kappa shape index (κ2) is 5.93. The molecule has 1 aromatic carbocycles. The van der Waals surface area contributed by atoms with Crippen LogP contribution in [0, 0.1) is 0 Å². The van der Waals surface area contributed by atoms with E-state index in [9.17, 15) is 4.79 Å². The van der Waals surface area contributed by atoms with E-state index in [1.54, 1.807) is 0 Å². The molecule has 1 heterocycles. The minimum Gasteiger partial charge on any atom is -0.486 e. The maximum absolute atomic E-state index is 11.0. The molecule has 1 aliphatic rings. The van der Waals surface area contributed by atoms with Crippen molar-refractivity contribution in [3.8, 4) is 11.5 Å². The number of fused-ring (bicyclic) bond motifs is 1. The minimum atomic E-state index is -0.168. The van der Waals surface area contributed by atoms with E-state index in [-0.39, 0.29) is 12.5 Å². The Hall–Kier alpha value is -1.46. The Morgan fingerprint density at radius 2 is 2.17 bits per heavy atom. The van der Waals surface area contributed by atoms with Gasteiger partial charge in [0.2, 0.25) is 5.91 Å². The van der Waals surface area contributed by atoms with Gasteiger partial charge in [0.1, 0.15) is 13.2 Å². The fourth-order valence-corrected chi connectivity index (χ4v) is 2.01. The van der Waals surface area contributed by atoms with E-state index in [4.69, 9.17) is 26.8 Å². The summed E-state index contributed by atoms with van der Waals surface area (Å²) in [5.41, 5.74) is 6.18. The number of carbonyl (C=O) groups excluding carboxylic acids is 1. The molecule has 3 N–H and O–H groups in total. The Morgan fingerprint density at radius 1 is 1.39 bits per heavy atom. The van der Waals surface area contributed by atoms with Crippen molar-refractivity contribution in [2.75, 3.05) is 26.3 Å². The van der Waals surface area contributed by atoms with E-state index in [2.05, 4.69) is 5.32 Å². The third-order valence-corrected chi connectivity index (χ3v) is 2.86. The molecule has 0 aliphatic carbocycles. The molecule has 0 atom stereocenters. The Balaban J connectivity index is 2.01. The SMILES string of the molecule is NCC(=O)NCCc1cc(Cl)c2c(c1)OCCO2. The number of halogens is 1. The molecule has 5 nitrogen and oxygen atoms in total. The quantitative estimate of drug-likeness (QED) is 0.846. The van der Waals surface area contributed by atoms with E-state index in [0.29, 0.717) is 42.7 Å². The lowest BCUT2D eigenvalue weighted by Gasteiger charge is -2.20. The van der Waals surface area contributed by atoms with Gasteiger partial charge >= 0.3 is 0 Å². The molecule has 0 saturated heterocycles. The van der Waals surface area contributed by atoms with Crippen LogP contribution >= 0.6 is 11.6 Å². The number of nitrogens with two attached hydrogens (primary N) is 1. The Morgan fingerprint density at radius 3 is 2.94 bits per heavy atom. The van der Waals surface area contributed by atoms with Gasteiger partial charge in [0, 0.05) is 6.54 Å². The molecule has 1 aromatic rings. The molecule has 0 bridgehead atoms. The number of hydrogen-bond donors (Lipinski definition) is 2. The van der Waals surface area contributed by atoms with Crippen molar-refractivity contribution in [1.82, 2.24) is 5.32 Å². The van der Waals surface area contributed by atoms with Gasteiger partial charge in [0.15, 0.2) is 11.5 Å². The fourth-order valence-electron chi connectivity index (χ4n) is 1.73. The lowest BCUT2D eigenvalue weighted by Crippen LogP contribution is -2.31. The second-order valence-electron chi connectivity index (χ2n) is 3.91. The molecule has 0 aromatic heterocycles. The summed E-state index contributed by atoms with van der Waals surface area (Å²) >= 11 is 6.10. The summed E-state index contributed by atoms with van der Waals surface area (Å²) in [5.74, 6) is 1.09. The summed E-state index contributed by atoms with van der Waals surface area (Å²) in [4.78, 5) is 11.0. The standard InChI is InChI=1S/C12H15ClN2O3/c13-9-5-8(1-2-15-11(16)7-14)6-10-12(9)18-4-3-17-10/h5-6H,1-4,7,14H2,(H,15,16). The largest absolute Gasteiger partial charge is 0.486 e. The van der Waals surface area contributed by atoms with Crippen LogP contribution in [0.1, 0.15) is 5.56 Å². The molecule has 0 fully saturated rings. The maximum Gasteiger partial charge on any atom is 0.233 e. The monoisotopic (exact) mass is 270 g/mol. The van der Waals surface area contributed by atoms with Crippen LogP contribution in [0.25, 0.3) is 0 Å². The molecule has 6 heteroatoms. The van der Waals surface area contributed by atoms with Gasteiger partial charge in [-0.05, 0) is 24.1 Å². The van der Waals surface area contributed by atoms with E-state index in [1.165, 1.54) is 0 Å². The van der Waals surface area contributed by atoms with Crippen LogP contribution in [-0.4, -0.2) is 32.2 Å². The molecule has 1 aliphatic heterocycles. The molecule has 0 unspecified atom stereocenters. The number of benzene rings is 1. The predicted octanol–water partition coefficient (Wildman–Crippen LogP) is 0.729. The van der Waals surface area contributed by atoms with Gasteiger partial charge in [-0.15, -0.1) is 0 Å². The van der Waals surface area contributed by atoms with Crippen LogP contribution in [-0.2, 0) is 11.2 Å². The number of ether oxygens (including phenoxy) is 2. The molecule has 0 radical (unpaired) electrons. The molecule has 18 heavy (non-hydrogen) atoms. The van der Waals surface area contributed by atoms with Crippen LogP contribution in [0.3, 0.4) is 0 Å². The van der Waals surface area contributed by atoms with Crippen molar-refractivity contribution in [3.63, 3.8) is 0 Å². The highest BCUT2D eigenvalue weighted by molar-refractivity contribution is 6.32. The van der Waals surface area contributed by atoms with E-state index in [1.807, 2.05) is 12.1 Å². The highest BCUT2D eigenvalue weighted by Crippen LogP contribution is 2.38. The summed E-state index contributed by atoms with van der Waals surface area (Å²) in [6.07, 6.45) is 0.669. The normalized spacial score (nSPS) is 13.2. The van der Waals surface area contributed by atoms with Crippen LogP contribution in [0.15, 0.2) is 12.1 Å². The van der Waals surface area contributed by atoms with Crippen LogP contribution in [0.4, 0.5) is 0 Å². The third kappa shape index (κ3) is 3.05. The molecule has 98 valence electrons. The Kier molecular flexibility index (Phi) is 4.28. The first-order chi connectivity index (χ1) is 8.70. The van der Waals surface area contributed by atoms with Gasteiger partial charge < -0.3 is 20.5 Å². The van der Waals surface area contributed by atoms with Crippen molar-refractivity contribution in [1.29, 1.82) is 0 Å². The van der Waals surface area contributed by atoms with E-state index < -0.39 is 0 Å². The zero-order valence-corrected chi connectivity index (χ0v) is 10.6. The van der Waals surface area contributed by atoms with Crippen molar-refractivity contribution in [2.45, 2.75) is 6.42 Å². The summed E-state index contributed by atoms with van der Waals surface area (Å²) in [7, 11) is 0. The van der Waals surface area contributed by atoms with Gasteiger partial charge in [-0.25, -0.2) is 0 Å². The smallest absolute Gasteiger partial charge is 0.233 e.